The van der Waals surface area contributed by atoms with Gasteiger partial charge in [0, 0.05) is 31.4 Å². The summed E-state index contributed by atoms with van der Waals surface area (Å²) in [6.07, 6.45) is 3.86. The summed E-state index contributed by atoms with van der Waals surface area (Å²) in [5.41, 5.74) is 7.83. The molecule has 0 spiro atoms. The van der Waals surface area contributed by atoms with Gasteiger partial charge < -0.3 is 19.9 Å². The predicted molar refractivity (Wildman–Crippen MR) is 101 cm³/mol. The number of likely N-dealkylation sites (N-methyl/N-ethyl adjacent to an activating group) is 1. The third-order valence-electron chi connectivity index (χ3n) is 5.39. The van der Waals surface area contributed by atoms with E-state index in [9.17, 15) is 0 Å². The van der Waals surface area contributed by atoms with E-state index >= 15 is 0 Å². The van der Waals surface area contributed by atoms with E-state index in [1.165, 1.54) is 62.2 Å². The lowest BCUT2D eigenvalue weighted by Gasteiger charge is -2.39. The van der Waals surface area contributed by atoms with E-state index < -0.39 is 0 Å². The van der Waals surface area contributed by atoms with Crippen molar-refractivity contribution in [1.29, 1.82) is 0 Å². The summed E-state index contributed by atoms with van der Waals surface area (Å²) in [4.78, 5) is 5.08. The molecule has 0 amide bonds. The van der Waals surface area contributed by atoms with Crippen molar-refractivity contribution in [3.8, 4) is 5.75 Å². The van der Waals surface area contributed by atoms with E-state index in [0.717, 1.165) is 31.1 Å². The van der Waals surface area contributed by atoms with E-state index in [1.54, 1.807) is 0 Å². The molecule has 5 nitrogen and oxygen atoms in total. The van der Waals surface area contributed by atoms with Crippen LogP contribution in [0.2, 0.25) is 0 Å². The van der Waals surface area contributed by atoms with Crippen LogP contribution in [-0.2, 0) is 0 Å². The van der Waals surface area contributed by atoms with Crippen molar-refractivity contribution in [2.45, 2.75) is 19.3 Å². The van der Waals surface area contributed by atoms with Crippen LogP contribution in [0.4, 0.5) is 11.4 Å². The van der Waals surface area contributed by atoms with Crippen LogP contribution in [0, 0.1) is 0 Å². The van der Waals surface area contributed by atoms with Gasteiger partial charge in [0.2, 0.25) is 0 Å². The Morgan fingerprint density at radius 2 is 1.79 bits per heavy atom. The lowest BCUT2D eigenvalue weighted by Crippen LogP contribution is -2.54. The van der Waals surface area contributed by atoms with Crippen molar-refractivity contribution >= 4 is 11.4 Å². The SMILES string of the molecule is C[N+]1(C)CCN(CCCCCN2CCOc3cc(N)ccc32)CC1. The molecule has 0 aliphatic carbocycles. The zero-order valence-electron chi connectivity index (χ0n) is 15.3. The highest BCUT2D eigenvalue weighted by Gasteiger charge is 2.23. The first-order valence-corrected chi connectivity index (χ1v) is 9.35. The average molecular weight is 334 g/mol. The number of ether oxygens (including phenoxy) is 1. The lowest BCUT2D eigenvalue weighted by atomic mass is 10.1. The Kier molecular flexibility index (Phi) is 5.51. The third-order valence-corrected chi connectivity index (χ3v) is 5.39. The van der Waals surface area contributed by atoms with Crippen molar-refractivity contribution in [2.75, 3.05) is 77.1 Å². The van der Waals surface area contributed by atoms with Gasteiger partial charge in [-0.3, -0.25) is 4.90 Å². The molecule has 5 heteroatoms. The summed E-state index contributed by atoms with van der Waals surface area (Å²) in [5.74, 6) is 0.940. The van der Waals surface area contributed by atoms with Gasteiger partial charge >= 0.3 is 0 Å². The molecular formula is C19H33N4O+. The van der Waals surface area contributed by atoms with Crippen molar-refractivity contribution in [1.82, 2.24) is 4.90 Å². The van der Waals surface area contributed by atoms with Crippen molar-refractivity contribution in [2.24, 2.45) is 0 Å². The van der Waals surface area contributed by atoms with Crippen LogP contribution in [0.3, 0.4) is 0 Å². The van der Waals surface area contributed by atoms with Crippen molar-refractivity contribution < 1.29 is 9.22 Å². The van der Waals surface area contributed by atoms with Crippen LogP contribution >= 0.6 is 0 Å². The van der Waals surface area contributed by atoms with Gasteiger partial charge in [-0.25, -0.2) is 0 Å². The van der Waals surface area contributed by atoms with Gasteiger partial charge in [-0.2, -0.15) is 0 Å². The lowest BCUT2D eigenvalue weighted by molar-refractivity contribution is -0.894. The fourth-order valence-corrected chi connectivity index (χ4v) is 3.61. The Hall–Kier alpha value is -1.46. The minimum atomic E-state index is 0.762. The number of unbranched alkanes of at least 4 members (excludes halogenated alkanes) is 2. The molecule has 1 fully saturated rings. The highest BCUT2D eigenvalue weighted by Crippen LogP contribution is 2.33. The fourth-order valence-electron chi connectivity index (χ4n) is 3.61. The van der Waals surface area contributed by atoms with Gasteiger partial charge in [0.25, 0.3) is 0 Å². The molecule has 2 heterocycles. The first-order chi connectivity index (χ1) is 11.5. The highest BCUT2D eigenvalue weighted by atomic mass is 16.5. The quantitative estimate of drug-likeness (QED) is 0.491. The Balaban J connectivity index is 1.36. The van der Waals surface area contributed by atoms with E-state index in [0.29, 0.717) is 0 Å². The van der Waals surface area contributed by atoms with Gasteiger partial charge in [0.15, 0.2) is 0 Å². The molecule has 0 aromatic heterocycles. The van der Waals surface area contributed by atoms with Crippen LogP contribution in [0.5, 0.6) is 5.75 Å². The second kappa shape index (κ2) is 7.62. The Morgan fingerprint density at radius 3 is 2.58 bits per heavy atom. The molecule has 2 N–H and O–H groups in total. The first kappa shape index (κ1) is 17.4. The van der Waals surface area contributed by atoms with E-state index in [4.69, 9.17) is 10.5 Å². The minimum Gasteiger partial charge on any atom is -0.489 e. The van der Waals surface area contributed by atoms with Crippen molar-refractivity contribution in [3.05, 3.63) is 18.2 Å². The van der Waals surface area contributed by atoms with Gasteiger partial charge in [-0.15, -0.1) is 0 Å². The van der Waals surface area contributed by atoms with E-state index in [-0.39, 0.29) is 0 Å². The number of fused-ring (bicyclic) bond motifs is 1. The molecule has 0 radical (unpaired) electrons. The molecule has 1 aromatic carbocycles. The zero-order chi connectivity index (χ0) is 17.0. The molecule has 3 rings (SSSR count). The van der Waals surface area contributed by atoms with E-state index in [2.05, 4.69) is 30.0 Å². The number of hydrogen-bond acceptors (Lipinski definition) is 4. The molecular weight excluding hydrogens is 300 g/mol. The maximum atomic E-state index is 5.85. The number of anilines is 2. The van der Waals surface area contributed by atoms with Gasteiger partial charge in [0.05, 0.1) is 39.4 Å². The van der Waals surface area contributed by atoms with Crippen LogP contribution < -0.4 is 15.4 Å². The Morgan fingerprint density at radius 1 is 1.04 bits per heavy atom. The molecule has 24 heavy (non-hydrogen) atoms. The number of rotatable bonds is 6. The fraction of sp³-hybridized carbons (Fsp3) is 0.684. The first-order valence-electron chi connectivity index (χ1n) is 9.35. The second-order valence-corrected chi connectivity index (χ2v) is 7.85. The standard InChI is InChI=1S/C19H33N4O/c1-23(2)13-10-21(11-14-23)8-4-3-5-9-22-12-15-24-19-16-17(20)6-7-18(19)22/h6-7,16H,3-5,8-15,20H2,1-2H3/q+1. The molecule has 2 aliphatic rings. The molecule has 2 aliphatic heterocycles. The highest BCUT2D eigenvalue weighted by molar-refractivity contribution is 5.64. The largest absolute Gasteiger partial charge is 0.489 e. The van der Waals surface area contributed by atoms with Crippen LogP contribution in [-0.4, -0.2) is 75.9 Å². The normalized spacial score (nSPS) is 20.5. The van der Waals surface area contributed by atoms with Crippen LogP contribution in [0.25, 0.3) is 0 Å². The Bertz CT molecular complexity index is 536. The number of nitrogens with two attached hydrogens (primary N) is 1. The summed E-state index contributed by atoms with van der Waals surface area (Å²) in [7, 11) is 4.68. The molecule has 0 saturated carbocycles. The predicted octanol–water partition coefficient (Wildman–Crippen LogP) is 2.03. The summed E-state index contributed by atoms with van der Waals surface area (Å²) >= 11 is 0. The molecule has 1 aromatic rings. The van der Waals surface area contributed by atoms with Crippen molar-refractivity contribution in [3.63, 3.8) is 0 Å². The number of hydrogen-bond donors (Lipinski definition) is 1. The zero-order valence-corrected chi connectivity index (χ0v) is 15.3. The maximum absolute atomic E-state index is 5.85. The molecule has 0 atom stereocenters. The number of nitrogen functional groups attached to an aromatic ring is 1. The average Bonchev–Trinajstić information content (AvgIpc) is 2.55. The molecule has 0 unspecified atom stereocenters. The van der Waals surface area contributed by atoms with Gasteiger partial charge in [-0.1, -0.05) is 6.42 Å². The molecule has 134 valence electrons. The molecule has 0 bridgehead atoms. The van der Waals surface area contributed by atoms with Crippen LogP contribution in [0.15, 0.2) is 18.2 Å². The summed E-state index contributed by atoms with van der Waals surface area (Å²) in [6.45, 7) is 9.20. The van der Waals surface area contributed by atoms with E-state index in [1.807, 2.05) is 12.1 Å². The number of quaternary nitrogens is 1. The monoisotopic (exact) mass is 333 g/mol. The second-order valence-electron chi connectivity index (χ2n) is 7.85. The smallest absolute Gasteiger partial charge is 0.144 e. The summed E-state index contributed by atoms with van der Waals surface area (Å²) in [6, 6.07) is 6.01. The number of piperazine rings is 1. The minimum absolute atomic E-state index is 0.762. The third kappa shape index (κ3) is 4.54. The summed E-state index contributed by atoms with van der Waals surface area (Å²) < 4.78 is 6.91. The van der Waals surface area contributed by atoms with Gasteiger partial charge in [-0.05, 0) is 31.5 Å². The number of benzene rings is 1. The van der Waals surface area contributed by atoms with Gasteiger partial charge in [0.1, 0.15) is 12.4 Å². The molecule has 1 saturated heterocycles. The summed E-state index contributed by atoms with van der Waals surface area (Å²) in [5, 5.41) is 0. The topological polar surface area (TPSA) is 41.7 Å². The number of nitrogens with zero attached hydrogens (tertiary/aromatic N) is 3. The van der Waals surface area contributed by atoms with Crippen LogP contribution in [0.1, 0.15) is 19.3 Å². The Labute approximate surface area is 146 Å². The maximum Gasteiger partial charge on any atom is 0.144 e.